The molecule has 0 radical (unpaired) electrons. The van der Waals surface area contributed by atoms with Gasteiger partial charge in [-0.3, -0.25) is 11.3 Å². The largest absolute Gasteiger partial charge is 0.271 e. The first-order valence-electron chi connectivity index (χ1n) is 6.96. The van der Waals surface area contributed by atoms with Crippen molar-refractivity contribution in [1.29, 1.82) is 0 Å². The zero-order chi connectivity index (χ0) is 13.4. The minimum absolute atomic E-state index is 0.195. The van der Waals surface area contributed by atoms with Gasteiger partial charge in [-0.2, -0.15) is 10.2 Å². The monoisotopic (exact) mass is 250 g/mol. The number of nitrogens with one attached hydrogen (secondary N) is 1. The number of nitrogens with zero attached hydrogens (tertiary/aromatic N) is 2. The van der Waals surface area contributed by atoms with Crippen LogP contribution < -0.4 is 11.3 Å². The van der Waals surface area contributed by atoms with E-state index in [1.165, 1.54) is 37.7 Å². The van der Waals surface area contributed by atoms with E-state index in [1.54, 1.807) is 0 Å². The molecule has 1 aromatic rings. The molecule has 1 atom stereocenters. The third-order valence-corrected chi connectivity index (χ3v) is 3.31. The van der Waals surface area contributed by atoms with Crippen molar-refractivity contribution in [3.8, 4) is 0 Å². The van der Waals surface area contributed by atoms with Gasteiger partial charge in [0.25, 0.3) is 0 Å². The molecule has 4 nitrogen and oxygen atoms in total. The van der Waals surface area contributed by atoms with Gasteiger partial charge in [0.15, 0.2) is 0 Å². The van der Waals surface area contributed by atoms with Crippen molar-refractivity contribution in [3.05, 3.63) is 23.0 Å². The van der Waals surface area contributed by atoms with Gasteiger partial charge in [0.1, 0.15) is 0 Å². The summed E-state index contributed by atoms with van der Waals surface area (Å²) in [5.41, 5.74) is 6.01. The van der Waals surface area contributed by atoms with E-state index in [0.717, 1.165) is 17.8 Å². The molecule has 0 saturated heterocycles. The van der Waals surface area contributed by atoms with Crippen LogP contribution in [0.5, 0.6) is 0 Å². The summed E-state index contributed by atoms with van der Waals surface area (Å²) in [5, 5.41) is 8.22. The highest BCUT2D eigenvalue weighted by Crippen LogP contribution is 2.21. The molecule has 3 N–H and O–H groups in total. The number of rotatable bonds is 8. The maximum absolute atomic E-state index is 5.67. The highest BCUT2D eigenvalue weighted by molar-refractivity contribution is 5.23. The summed E-state index contributed by atoms with van der Waals surface area (Å²) in [5.74, 6) is 5.67. The predicted octanol–water partition coefficient (Wildman–Crippen LogP) is 2.96. The molecule has 1 aromatic heterocycles. The lowest BCUT2D eigenvalue weighted by Gasteiger charge is -2.18. The van der Waals surface area contributed by atoms with E-state index < -0.39 is 0 Å². The Hall–Kier alpha value is -1.00. The molecular formula is C14H26N4. The minimum atomic E-state index is 0.195. The molecule has 0 aromatic carbocycles. The fraction of sp³-hybridized carbons (Fsp3) is 0.714. The van der Waals surface area contributed by atoms with E-state index in [4.69, 9.17) is 5.84 Å². The number of nitrogens with two attached hydrogens (primary N) is 1. The summed E-state index contributed by atoms with van der Waals surface area (Å²) in [6.07, 6.45) is 7.48. The van der Waals surface area contributed by atoms with Crippen molar-refractivity contribution in [2.45, 2.75) is 65.3 Å². The number of hydrogen-bond acceptors (Lipinski definition) is 4. The van der Waals surface area contributed by atoms with E-state index in [1.807, 2.05) is 13.8 Å². The average molecular weight is 250 g/mol. The van der Waals surface area contributed by atoms with Crippen molar-refractivity contribution in [1.82, 2.24) is 15.6 Å². The van der Waals surface area contributed by atoms with Gasteiger partial charge < -0.3 is 0 Å². The van der Waals surface area contributed by atoms with Gasteiger partial charge in [-0.05, 0) is 31.9 Å². The van der Waals surface area contributed by atoms with Crippen molar-refractivity contribution in [2.24, 2.45) is 5.84 Å². The van der Waals surface area contributed by atoms with Gasteiger partial charge in [0.05, 0.1) is 11.4 Å². The Labute approximate surface area is 110 Å². The normalized spacial score (nSPS) is 12.7. The van der Waals surface area contributed by atoms with E-state index in [2.05, 4.69) is 28.6 Å². The summed E-state index contributed by atoms with van der Waals surface area (Å²) >= 11 is 0. The topological polar surface area (TPSA) is 63.8 Å². The molecule has 0 fully saturated rings. The van der Waals surface area contributed by atoms with Gasteiger partial charge in [-0.1, -0.05) is 39.0 Å². The fourth-order valence-corrected chi connectivity index (χ4v) is 2.20. The zero-order valence-electron chi connectivity index (χ0n) is 11.9. The molecule has 0 aliphatic rings. The smallest absolute Gasteiger partial charge is 0.0648 e. The second kappa shape index (κ2) is 8.16. The standard InChI is InChI=1S/C14H26N4/c1-4-5-6-7-8-9-14(16-15)13-10-11(2)17-18-12(13)3/h10,14,16H,4-9,15H2,1-3H3. The molecule has 0 amide bonds. The van der Waals surface area contributed by atoms with Crippen LogP contribution in [0.4, 0.5) is 0 Å². The molecule has 4 heteroatoms. The molecule has 0 saturated carbocycles. The Morgan fingerprint density at radius 3 is 2.56 bits per heavy atom. The van der Waals surface area contributed by atoms with Gasteiger partial charge in [-0.15, -0.1) is 0 Å². The second-order valence-electron chi connectivity index (χ2n) is 4.95. The molecule has 0 aliphatic carbocycles. The molecule has 1 heterocycles. The van der Waals surface area contributed by atoms with Crippen LogP contribution in [-0.2, 0) is 0 Å². The average Bonchev–Trinajstić information content (AvgIpc) is 2.37. The number of aryl methyl sites for hydroxylation is 2. The molecule has 0 spiro atoms. The van der Waals surface area contributed by atoms with Gasteiger partial charge in [0.2, 0.25) is 0 Å². The Morgan fingerprint density at radius 2 is 1.89 bits per heavy atom. The van der Waals surface area contributed by atoms with Gasteiger partial charge in [0, 0.05) is 6.04 Å². The number of unbranched alkanes of at least 4 members (excludes halogenated alkanes) is 4. The Morgan fingerprint density at radius 1 is 1.17 bits per heavy atom. The lowest BCUT2D eigenvalue weighted by atomic mass is 9.99. The lowest BCUT2D eigenvalue weighted by molar-refractivity contribution is 0.474. The third kappa shape index (κ3) is 4.70. The molecule has 0 aliphatic heterocycles. The summed E-state index contributed by atoms with van der Waals surface area (Å²) in [6, 6.07) is 2.28. The molecule has 1 unspecified atom stereocenters. The second-order valence-corrected chi connectivity index (χ2v) is 4.95. The summed E-state index contributed by atoms with van der Waals surface area (Å²) in [6.45, 7) is 6.19. The molecule has 102 valence electrons. The third-order valence-electron chi connectivity index (χ3n) is 3.31. The minimum Gasteiger partial charge on any atom is -0.271 e. The Kier molecular flexibility index (Phi) is 6.83. The quantitative estimate of drug-likeness (QED) is 0.423. The van der Waals surface area contributed by atoms with Crippen LogP contribution in [0.1, 0.15) is 68.4 Å². The summed E-state index contributed by atoms with van der Waals surface area (Å²) < 4.78 is 0. The lowest BCUT2D eigenvalue weighted by Crippen LogP contribution is -2.29. The summed E-state index contributed by atoms with van der Waals surface area (Å²) in [4.78, 5) is 0. The van der Waals surface area contributed by atoms with Crippen molar-refractivity contribution >= 4 is 0 Å². The molecule has 0 bridgehead atoms. The molecule has 18 heavy (non-hydrogen) atoms. The van der Waals surface area contributed by atoms with E-state index in [-0.39, 0.29) is 6.04 Å². The number of aromatic nitrogens is 2. The van der Waals surface area contributed by atoms with Crippen molar-refractivity contribution < 1.29 is 0 Å². The molecular weight excluding hydrogens is 224 g/mol. The maximum atomic E-state index is 5.67. The molecule has 1 rings (SSSR count). The van der Waals surface area contributed by atoms with Crippen molar-refractivity contribution in [3.63, 3.8) is 0 Å². The van der Waals surface area contributed by atoms with Crippen LogP contribution >= 0.6 is 0 Å². The van der Waals surface area contributed by atoms with Crippen LogP contribution in [0.3, 0.4) is 0 Å². The van der Waals surface area contributed by atoms with E-state index in [9.17, 15) is 0 Å². The van der Waals surface area contributed by atoms with E-state index >= 15 is 0 Å². The van der Waals surface area contributed by atoms with Crippen molar-refractivity contribution in [2.75, 3.05) is 0 Å². The number of hydrazine groups is 1. The zero-order valence-corrected chi connectivity index (χ0v) is 11.9. The first kappa shape index (κ1) is 15.1. The van der Waals surface area contributed by atoms with Gasteiger partial charge in [-0.25, -0.2) is 0 Å². The SMILES string of the molecule is CCCCCCCC(NN)c1cc(C)nnc1C. The van der Waals surface area contributed by atoms with Crippen LogP contribution in [0, 0.1) is 13.8 Å². The highest BCUT2D eigenvalue weighted by Gasteiger charge is 2.13. The Bertz CT molecular complexity index is 352. The first-order chi connectivity index (χ1) is 8.69. The first-order valence-corrected chi connectivity index (χ1v) is 6.96. The maximum Gasteiger partial charge on any atom is 0.0648 e. The number of hydrogen-bond donors (Lipinski definition) is 2. The van der Waals surface area contributed by atoms with E-state index in [0.29, 0.717) is 0 Å². The fourth-order valence-electron chi connectivity index (χ4n) is 2.20. The van der Waals surface area contributed by atoms with Crippen LogP contribution in [-0.4, -0.2) is 10.2 Å². The van der Waals surface area contributed by atoms with Gasteiger partial charge >= 0.3 is 0 Å². The van der Waals surface area contributed by atoms with Crippen LogP contribution in [0.15, 0.2) is 6.07 Å². The highest BCUT2D eigenvalue weighted by atomic mass is 15.2. The predicted molar refractivity (Wildman–Crippen MR) is 74.9 cm³/mol. The Balaban J connectivity index is 2.52. The van der Waals surface area contributed by atoms with Crippen LogP contribution in [0.25, 0.3) is 0 Å². The van der Waals surface area contributed by atoms with Crippen LogP contribution in [0.2, 0.25) is 0 Å². The summed E-state index contributed by atoms with van der Waals surface area (Å²) in [7, 11) is 0.